The lowest BCUT2D eigenvalue weighted by Crippen LogP contribution is -2.39. The number of amides is 2. The molecule has 1 heterocycles. The summed E-state index contributed by atoms with van der Waals surface area (Å²) in [4.78, 5) is 24.8. The molecule has 0 saturated heterocycles. The van der Waals surface area contributed by atoms with E-state index in [-0.39, 0.29) is 31.4 Å². The first-order chi connectivity index (χ1) is 10.6. The van der Waals surface area contributed by atoms with Crippen LogP contribution in [-0.2, 0) is 22.7 Å². The number of carbonyl (C=O) groups excluding carboxylic acids is 2. The van der Waals surface area contributed by atoms with Crippen molar-refractivity contribution in [3.63, 3.8) is 0 Å². The van der Waals surface area contributed by atoms with Crippen molar-refractivity contribution in [3.8, 4) is 0 Å². The average Bonchev–Trinajstić information content (AvgIpc) is 3.00. The molecule has 22 heavy (non-hydrogen) atoms. The average molecular weight is 304 g/mol. The van der Waals surface area contributed by atoms with Crippen LogP contribution in [0.5, 0.6) is 0 Å². The maximum atomic E-state index is 13.6. The van der Waals surface area contributed by atoms with Gasteiger partial charge in [0.05, 0.1) is 19.4 Å². The molecule has 5 nitrogen and oxygen atoms in total. The third-order valence-electron chi connectivity index (χ3n) is 3.14. The van der Waals surface area contributed by atoms with Crippen LogP contribution in [0.25, 0.3) is 0 Å². The van der Waals surface area contributed by atoms with Gasteiger partial charge in [0.1, 0.15) is 11.6 Å². The first kappa shape index (κ1) is 15.8. The Morgan fingerprint density at radius 3 is 2.64 bits per heavy atom. The van der Waals surface area contributed by atoms with Crippen LogP contribution in [0.3, 0.4) is 0 Å². The number of hydrogen-bond acceptors (Lipinski definition) is 3. The number of hydrogen-bond donors (Lipinski definition) is 1. The second-order valence-corrected chi connectivity index (χ2v) is 4.82. The third kappa shape index (κ3) is 4.44. The van der Waals surface area contributed by atoms with E-state index in [2.05, 4.69) is 5.32 Å². The predicted octanol–water partition coefficient (Wildman–Crippen LogP) is 2.08. The molecule has 1 aromatic heterocycles. The molecule has 6 heteroatoms. The minimum atomic E-state index is -0.398. The van der Waals surface area contributed by atoms with Gasteiger partial charge in [-0.15, -0.1) is 0 Å². The number of nitrogens with zero attached hydrogens (tertiary/aromatic N) is 1. The van der Waals surface area contributed by atoms with E-state index in [9.17, 15) is 14.0 Å². The summed E-state index contributed by atoms with van der Waals surface area (Å²) < 4.78 is 18.7. The van der Waals surface area contributed by atoms with Crippen LogP contribution in [0.4, 0.5) is 4.39 Å². The highest BCUT2D eigenvalue weighted by molar-refractivity contribution is 5.83. The number of nitrogens with one attached hydrogen (secondary N) is 1. The smallest absolute Gasteiger partial charge is 0.240 e. The Kier molecular flexibility index (Phi) is 5.30. The van der Waals surface area contributed by atoms with E-state index in [4.69, 9.17) is 4.42 Å². The monoisotopic (exact) mass is 304 g/mol. The molecular formula is C16H17FN2O3. The van der Waals surface area contributed by atoms with Gasteiger partial charge in [0.25, 0.3) is 0 Å². The fraction of sp³-hybridized carbons (Fsp3) is 0.250. The molecule has 2 aromatic rings. The van der Waals surface area contributed by atoms with Crippen molar-refractivity contribution in [2.75, 3.05) is 6.54 Å². The Balaban J connectivity index is 1.92. The van der Waals surface area contributed by atoms with E-state index >= 15 is 0 Å². The Bertz CT molecular complexity index is 641. The Morgan fingerprint density at radius 1 is 1.23 bits per heavy atom. The first-order valence-electron chi connectivity index (χ1n) is 6.84. The molecule has 0 bridgehead atoms. The van der Waals surface area contributed by atoms with Crippen LogP contribution in [-0.4, -0.2) is 23.3 Å². The van der Waals surface area contributed by atoms with Crippen LogP contribution in [0.15, 0.2) is 47.1 Å². The molecule has 0 aliphatic heterocycles. The molecule has 0 fully saturated rings. The van der Waals surface area contributed by atoms with Crippen LogP contribution in [0.2, 0.25) is 0 Å². The molecule has 0 aliphatic rings. The SMILES string of the molecule is CC(=O)N(CC(=O)NCc1ccco1)Cc1ccccc1F. The maximum absolute atomic E-state index is 13.6. The van der Waals surface area contributed by atoms with E-state index in [1.165, 1.54) is 24.2 Å². The summed E-state index contributed by atoms with van der Waals surface area (Å²) in [6, 6.07) is 9.64. The minimum Gasteiger partial charge on any atom is -0.467 e. The van der Waals surface area contributed by atoms with Gasteiger partial charge in [-0.2, -0.15) is 0 Å². The van der Waals surface area contributed by atoms with Crippen LogP contribution in [0.1, 0.15) is 18.2 Å². The van der Waals surface area contributed by atoms with Gasteiger partial charge in [-0.3, -0.25) is 9.59 Å². The van der Waals surface area contributed by atoms with Crippen LogP contribution < -0.4 is 5.32 Å². The maximum Gasteiger partial charge on any atom is 0.240 e. The van der Waals surface area contributed by atoms with E-state index < -0.39 is 5.82 Å². The Morgan fingerprint density at radius 2 is 2.00 bits per heavy atom. The normalized spacial score (nSPS) is 10.3. The zero-order valence-electron chi connectivity index (χ0n) is 12.2. The quantitative estimate of drug-likeness (QED) is 0.889. The van der Waals surface area contributed by atoms with Gasteiger partial charge < -0.3 is 14.6 Å². The van der Waals surface area contributed by atoms with Crippen molar-refractivity contribution in [2.24, 2.45) is 0 Å². The Labute approximate surface area is 127 Å². The highest BCUT2D eigenvalue weighted by atomic mass is 19.1. The van der Waals surface area contributed by atoms with E-state index in [1.807, 2.05) is 0 Å². The molecule has 0 atom stereocenters. The fourth-order valence-electron chi connectivity index (χ4n) is 1.94. The van der Waals surface area contributed by atoms with Crippen molar-refractivity contribution in [3.05, 3.63) is 59.8 Å². The van der Waals surface area contributed by atoms with E-state index in [0.29, 0.717) is 11.3 Å². The molecule has 2 rings (SSSR count). The summed E-state index contributed by atoms with van der Waals surface area (Å²) in [5, 5.41) is 2.65. The molecular weight excluding hydrogens is 287 g/mol. The molecule has 116 valence electrons. The highest BCUT2D eigenvalue weighted by Crippen LogP contribution is 2.10. The highest BCUT2D eigenvalue weighted by Gasteiger charge is 2.15. The first-order valence-corrected chi connectivity index (χ1v) is 6.84. The molecule has 0 spiro atoms. The lowest BCUT2D eigenvalue weighted by atomic mass is 10.2. The van der Waals surface area contributed by atoms with Gasteiger partial charge in [0.15, 0.2) is 0 Å². The molecule has 1 aromatic carbocycles. The molecule has 0 saturated carbocycles. The summed E-state index contributed by atoms with van der Waals surface area (Å²) in [7, 11) is 0. The summed E-state index contributed by atoms with van der Waals surface area (Å²) in [6.45, 7) is 1.51. The second-order valence-electron chi connectivity index (χ2n) is 4.82. The third-order valence-corrected chi connectivity index (χ3v) is 3.14. The van der Waals surface area contributed by atoms with E-state index in [0.717, 1.165) is 0 Å². The lowest BCUT2D eigenvalue weighted by molar-refractivity contribution is -0.135. The zero-order valence-corrected chi connectivity index (χ0v) is 12.2. The number of benzene rings is 1. The minimum absolute atomic E-state index is 0.0518. The summed E-state index contributed by atoms with van der Waals surface area (Å²) in [5.74, 6) is -0.402. The van der Waals surface area contributed by atoms with Crippen LogP contribution >= 0.6 is 0 Å². The van der Waals surface area contributed by atoms with Gasteiger partial charge in [-0.1, -0.05) is 18.2 Å². The van der Waals surface area contributed by atoms with E-state index in [1.54, 1.807) is 30.3 Å². The summed E-state index contributed by atoms with van der Waals surface area (Å²) in [5.41, 5.74) is 0.372. The van der Waals surface area contributed by atoms with Crippen molar-refractivity contribution in [2.45, 2.75) is 20.0 Å². The predicted molar refractivity (Wildman–Crippen MR) is 78.0 cm³/mol. The lowest BCUT2D eigenvalue weighted by Gasteiger charge is -2.20. The van der Waals surface area contributed by atoms with Crippen molar-refractivity contribution >= 4 is 11.8 Å². The molecule has 2 amide bonds. The number of halogens is 1. The van der Waals surface area contributed by atoms with Gasteiger partial charge in [0.2, 0.25) is 11.8 Å². The largest absolute Gasteiger partial charge is 0.467 e. The van der Waals surface area contributed by atoms with Gasteiger partial charge in [-0.05, 0) is 18.2 Å². The van der Waals surface area contributed by atoms with Crippen molar-refractivity contribution in [1.82, 2.24) is 10.2 Å². The standard InChI is InChI=1S/C16H17FN2O3/c1-12(20)19(10-13-5-2-3-7-15(13)17)11-16(21)18-9-14-6-4-8-22-14/h2-8H,9-11H2,1H3,(H,18,21). The number of rotatable bonds is 6. The summed E-state index contributed by atoms with van der Waals surface area (Å²) in [6.07, 6.45) is 1.52. The molecule has 0 radical (unpaired) electrons. The molecule has 1 N–H and O–H groups in total. The van der Waals surface area contributed by atoms with Gasteiger partial charge in [0, 0.05) is 19.0 Å². The molecule has 0 aliphatic carbocycles. The second kappa shape index (κ2) is 7.40. The summed E-state index contributed by atoms with van der Waals surface area (Å²) >= 11 is 0. The van der Waals surface area contributed by atoms with Gasteiger partial charge >= 0.3 is 0 Å². The van der Waals surface area contributed by atoms with Crippen molar-refractivity contribution in [1.29, 1.82) is 0 Å². The number of carbonyl (C=O) groups is 2. The zero-order chi connectivity index (χ0) is 15.9. The molecule has 0 unspecified atom stereocenters. The fourth-order valence-corrected chi connectivity index (χ4v) is 1.94. The van der Waals surface area contributed by atoms with Gasteiger partial charge in [-0.25, -0.2) is 4.39 Å². The number of furan rings is 1. The van der Waals surface area contributed by atoms with Crippen LogP contribution in [0, 0.1) is 5.82 Å². The van der Waals surface area contributed by atoms with Crippen molar-refractivity contribution < 1.29 is 18.4 Å². The Hall–Kier alpha value is -2.63. The topological polar surface area (TPSA) is 62.6 Å².